The van der Waals surface area contributed by atoms with Gasteiger partial charge in [0.05, 0.1) is 6.26 Å². The Hall–Kier alpha value is -0.790. The highest BCUT2D eigenvalue weighted by molar-refractivity contribution is 6.02. The number of Topliss-reactive ketones (excluding diaryl/α,β-unsaturated/α-hetero) is 1. The molecule has 2 heteroatoms. The van der Waals surface area contributed by atoms with Gasteiger partial charge in [-0.05, 0) is 11.8 Å². The predicted octanol–water partition coefficient (Wildman–Crippen LogP) is 2.45. The second-order valence-electron chi connectivity index (χ2n) is 4.82. The zero-order chi connectivity index (χ0) is 9.57. The molecule has 1 aliphatic rings. The topological polar surface area (TPSA) is 37.3 Å². The first-order chi connectivity index (χ1) is 5.31. The third-order valence-corrected chi connectivity index (χ3v) is 2.60. The number of hydrogen-bond acceptors (Lipinski definition) is 2. The normalized spacial score (nSPS) is 29.7. The Bertz CT molecular complexity index is 247. The maximum atomic E-state index is 11.6. The predicted molar refractivity (Wildman–Crippen MR) is 47.9 cm³/mol. The van der Waals surface area contributed by atoms with E-state index < -0.39 is 0 Å². The molecular formula is C10H16O2. The van der Waals surface area contributed by atoms with Gasteiger partial charge >= 0.3 is 0 Å². The first-order valence-electron chi connectivity index (χ1n) is 4.21. The Morgan fingerprint density at radius 1 is 1.25 bits per heavy atom. The lowest BCUT2D eigenvalue weighted by Crippen LogP contribution is -2.17. The van der Waals surface area contributed by atoms with Crippen LogP contribution in [0.2, 0.25) is 0 Å². The van der Waals surface area contributed by atoms with Crippen LogP contribution in [0.5, 0.6) is 0 Å². The van der Waals surface area contributed by atoms with Crippen molar-refractivity contribution in [2.75, 3.05) is 0 Å². The van der Waals surface area contributed by atoms with E-state index in [0.29, 0.717) is 5.57 Å². The minimum absolute atomic E-state index is 0.0787. The fraction of sp³-hybridized carbons (Fsp3) is 0.700. The molecule has 0 bridgehead atoms. The van der Waals surface area contributed by atoms with Gasteiger partial charge in [-0.15, -0.1) is 0 Å². The van der Waals surface area contributed by atoms with Crippen LogP contribution in [0.1, 0.15) is 34.1 Å². The number of rotatable bonds is 0. The summed E-state index contributed by atoms with van der Waals surface area (Å²) in [4.78, 5) is 11.6. The van der Waals surface area contributed by atoms with E-state index in [4.69, 9.17) is 5.11 Å². The third-order valence-electron chi connectivity index (χ3n) is 2.60. The summed E-state index contributed by atoms with van der Waals surface area (Å²) in [5.74, 6) is 0.0787. The minimum Gasteiger partial charge on any atom is -0.515 e. The second-order valence-corrected chi connectivity index (χ2v) is 4.82. The molecule has 2 nitrogen and oxygen atoms in total. The molecule has 0 atom stereocenters. The van der Waals surface area contributed by atoms with Crippen LogP contribution in [0, 0.1) is 10.8 Å². The molecule has 68 valence electrons. The first-order valence-corrected chi connectivity index (χ1v) is 4.21. The van der Waals surface area contributed by atoms with E-state index in [1.807, 2.05) is 27.7 Å². The van der Waals surface area contributed by atoms with Crippen molar-refractivity contribution in [2.45, 2.75) is 34.1 Å². The van der Waals surface area contributed by atoms with Crippen molar-refractivity contribution in [2.24, 2.45) is 10.8 Å². The molecule has 0 heterocycles. The highest BCUT2D eigenvalue weighted by atomic mass is 16.2. The van der Waals surface area contributed by atoms with Crippen molar-refractivity contribution >= 4 is 5.78 Å². The van der Waals surface area contributed by atoms with Gasteiger partial charge < -0.3 is 5.11 Å². The summed E-state index contributed by atoms with van der Waals surface area (Å²) < 4.78 is 0. The van der Waals surface area contributed by atoms with Crippen molar-refractivity contribution in [3.63, 3.8) is 0 Å². The van der Waals surface area contributed by atoms with Gasteiger partial charge in [0.25, 0.3) is 0 Å². The molecule has 0 aromatic carbocycles. The van der Waals surface area contributed by atoms with Gasteiger partial charge in [-0.2, -0.15) is 0 Å². The molecule has 0 aliphatic heterocycles. The molecule has 1 N–H and O–H groups in total. The molecule has 1 fully saturated rings. The molecule has 0 unspecified atom stereocenters. The summed E-state index contributed by atoms with van der Waals surface area (Å²) in [5, 5.41) is 8.92. The monoisotopic (exact) mass is 168 g/mol. The summed E-state index contributed by atoms with van der Waals surface area (Å²) in [6, 6.07) is 0. The van der Waals surface area contributed by atoms with E-state index in [1.165, 1.54) is 0 Å². The van der Waals surface area contributed by atoms with Crippen LogP contribution in [0.3, 0.4) is 0 Å². The Morgan fingerprint density at radius 3 is 1.92 bits per heavy atom. The maximum Gasteiger partial charge on any atom is 0.168 e. The van der Waals surface area contributed by atoms with Gasteiger partial charge in [-0.25, -0.2) is 0 Å². The number of carbonyl (C=O) groups is 1. The zero-order valence-corrected chi connectivity index (χ0v) is 8.14. The summed E-state index contributed by atoms with van der Waals surface area (Å²) in [6.07, 6.45) is 1.78. The third kappa shape index (κ3) is 1.15. The van der Waals surface area contributed by atoms with Crippen molar-refractivity contribution in [3.05, 3.63) is 11.8 Å². The van der Waals surface area contributed by atoms with Gasteiger partial charge in [0.15, 0.2) is 5.78 Å². The van der Waals surface area contributed by atoms with Gasteiger partial charge in [0.1, 0.15) is 0 Å². The van der Waals surface area contributed by atoms with E-state index in [0.717, 1.165) is 12.7 Å². The second kappa shape index (κ2) is 2.35. The summed E-state index contributed by atoms with van der Waals surface area (Å²) in [6.45, 7) is 7.82. The van der Waals surface area contributed by atoms with Crippen molar-refractivity contribution < 1.29 is 9.90 Å². The minimum atomic E-state index is -0.307. The average Bonchev–Trinajstić information content (AvgIpc) is 1.98. The van der Waals surface area contributed by atoms with E-state index >= 15 is 0 Å². The number of aliphatic hydroxyl groups is 1. The van der Waals surface area contributed by atoms with Crippen LogP contribution in [0.15, 0.2) is 11.8 Å². The molecule has 1 saturated carbocycles. The largest absolute Gasteiger partial charge is 0.515 e. The first kappa shape index (κ1) is 9.30. The number of aliphatic hydroxyl groups excluding tert-OH is 1. The van der Waals surface area contributed by atoms with Gasteiger partial charge in [-0.1, -0.05) is 27.7 Å². The fourth-order valence-corrected chi connectivity index (χ4v) is 2.19. The summed E-state index contributed by atoms with van der Waals surface area (Å²) in [7, 11) is 0. The summed E-state index contributed by atoms with van der Waals surface area (Å²) in [5.41, 5.74) is 0.0837. The van der Waals surface area contributed by atoms with E-state index in [-0.39, 0.29) is 16.6 Å². The van der Waals surface area contributed by atoms with Crippen LogP contribution in [0.25, 0.3) is 0 Å². The lowest BCUT2D eigenvalue weighted by molar-refractivity contribution is -0.121. The highest BCUT2D eigenvalue weighted by Crippen LogP contribution is 2.49. The molecule has 12 heavy (non-hydrogen) atoms. The molecule has 1 rings (SSSR count). The number of ketones is 1. The molecular weight excluding hydrogens is 152 g/mol. The average molecular weight is 168 g/mol. The SMILES string of the molecule is CC1(C)CC(C)(C)/C(=C\O)C1=O. The molecule has 0 aromatic rings. The molecule has 0 amide bonds. The number of carbonyl (C=O) groups excluding carboxylic acids is 1. The van der Waals surface area contributed by atoms with Crippen LogP contribution in [-0.4, -0.2) is 10.9 Å². The fourth-order valence-electron chi connectivity index (χ4n) is 2.19. The standard InChI is InChI=1S/C10H16O2/c1-9(2)6-10(3,4)8(12)7(9)5-11/h5,11H,6H2,1-4H3/b7-5-. The Kier molecular flexibility index (Phi) is 1.82. The Balaban J connectivity index is 3.14. The van der Waals surface area contributed by atoms with Crippen LogP contribution in [-0.2, 0) is 4.79 Å². The zero-order valence-electron chi connectivity index (χ0n) is 8.14. The van der Waals surface area contributed by atoms with Crippen molar-refractivity contribution in [1.29, 1.82) is 0 Å². The van der Waals surface area contributed by atoms with Crippen LogP contribution < -0.4 is 0 Å². The molecule has 0 radical (unpaired) electrons. The lowest BCUT2D eigenvalue weighted by atomic mass is 9.84. The van der Waals surface area contributed by atoms with Crippen LogP contribution >= 0.6 is 0 Å². The molecule has 1 aliphatic carbocycles. The van der Waals surface area contributed by atoms with E-state index in [9.17, 15) is 4.79 Å². The lowest BCUT2D eigenvalue weighted by Gasteiger charge is -2.19. The highest BCUT2D eigenvalue weighted by Gasteiger charge is 2.48. The molecule has 0 spiro atoms. The van der Waals surface area contributed by atoms with Gasteiger partial charge in [0, 0.05) is 11.0 Å². The van der Waals surface area contributed by atoms with Crippen LogP contribution in [0.4, 0.5) is 0 Å². The van der Waals surface area contributed by atoms with E-state index in [1.54, 1.807) is 0 Å². The van der Waals surface area contributed by atoms with Crippen molar-refractivity contribution in [1.82, 2.24) is 0 Å². The van der Waals surface area contributed by atoms with Gasteiger partial charge in [-0.3, -0.25) is 4.79 Å². The van der Waals surface area contributed by atoms with Crippen molar-refractivity contribution in [3.8, 4) is 0 Å². The van der Waals surface area contributed by atoms with Gasteiger partial charge in [0.2, 0.25) is 0 Å². The Morgan fingerprint density at radius 2 is 1.75 bits per heavy atom. The quantitative estimate of drug-likeness (QED) is 0.445. The smallest absolute Gasteiger partial charge is 0.168 e. The number of allylic oxidation sites excluding steroid dienone is 1. The molecule has 0 saturated heterocycles. The number of hydrogen-bond donors (Lipinski definition) is 1. The Labute approximate surface area is 73.3 Å². The van der Waals surface area contributed by atoms with E-state index in [2.05, 4.69) is 0 Å². The maximum absolute atomic E-state index is 11.6. The summed E-state index contributed by atoms with van der Waals surface area (Å²) >= 11 is 0. The molecule has 0 aromatic heterocycles.